The number of para-hydroxylation sites is 1. The Bertz CT molecular complexity index is 1550. The van der Waals surface area contributed by atoms with Crippen molar-refractivity contribution in [1.29, 1.82) is 0 Å². The number of aromatic nitrogens is 5. The third kappa shape index (κ3) is 3.46. The Balaban J connectivity index is 1.60. The number of hydrogen-bond donors (Lipinski definition) is 2. The molecule has 7 nitrogen and oxygen atoms in total. The van der Waals surface area contributed by atoms with Crippen molar-refractivity contribution in [2.24, 2.45) is 0 Å². The summed E-state index contributed by atoms with van der Waals surface area (Å²) in [6.45, 7) is 7.92. The summed E-state index contributed by atoms with van der Waals surface area (Å²) in [7, 11) is 0. The van der Waals surface area contributed by atoms with Gasteiger partial charge in [-0.3, -0.25) is 0 Å². The van der Waals surface area contributed by atoms with Crippen LogP contribution in [-0.4, -0.2) is 36.4 Å². The third-order valence-electron chi connectivity index (χ3n) is 7.04. The van der Waals surface area contributed by atoms with Gasteiger partial charge in [-0.25, -0.2) is 14.6 Å². The minimum Gasteiger partial charge on any atom is -0.505 e. The predicted molar refractivity (Wildman–Crippen MR) is 138 cm³/mol. The number of nitrogens with one attached hydrogen (secondary N) is 1. The molecule has 0 atom stereocenters. The van der Waals surface area contributed by atoms with E-state index in [0.29, 0.717) is 12.5 Å². The highest BCUT2D eigenvalue weighted by atomic mass is 16.3. The SMILES string of the molecule is CCc1cccc(C)c1-n1nc2c(c1-c1ccc(C)c3[nH]ccc13)CN(c1ncc(O)cn1)CC2. The molecule has 4 heterocycles. The number of anilines is 1. The molecule has 6 rings (SSSR count). The van der Waals surface area contributed by atoms with Crippen LogP contribution in [0.15, 0.2) is 55.0 Å². The van der Waals surface area contributed by atoms with Crippen molar-refractivity contribution >= 4 is 16.9 Å². The number of H-pyrrole nitrogens is 1. The minimum absolute atomic E-state index is 0.0705. The van der Waals surface area contributed by atoms with E-state index >= 15 is 0 Å². The fraction of sp³-hybridized carbons (Fsp3) is 0.250. The first kappa shape index (κ1) is 21.4. The summed E-state index contributed by atoms with van der Waals surface area (Å²) < 4.78 is 2.18. The molecule has 0 saturated carbocycles. The maximum Gasteiger partial charge on any atom is 0.225 e. The number of hydrogen-bond acceptors (Lipinski definition) is 5. The maximum atomic E-state index is 9.65. The van der Waals surface area contributed by atoms with Crippen molar-refractivity contribution in [3.8, 4) is 22.7 Å². The van der Waals surface area contributed by atoms with Crippen molar-refractivity contribution in [3.05, 3.63) is 82.9 Å². The molecule has 3 aromatic heterocycles. The van der Waals surface area contributed by atoms with Crippen molar-refractivity contribution in [2.75, 3.05) is 11.4 Å². The zero-order valence-electron chi connectivity index (χ0n) is 20.2. The number of rotatable bonds is 4. The molecule has 0 fully saturated rings. The summed E-state index contributed by atoms with van der Waals surface area (Å²) in [4.78, 5) is 14.3. The Morgan fingerprint density at radius 1 is 1.03 bits per heavy atom. The van der Waals surface area contributed by atoms with Gasteiger partial charge < -0.3 is 15.0 Å². The molecule has 1 aliphatic heterocycles. The summed E-state index contributed by atoms with van der Waals surface area (Å²) >= 11 is 0. The molecular weight excluding hydrogens is 436 g/mol. The van der Waals surface area contributed by atoms with Gasteiger partial charge in [0.05, 0.1) is 29.5 Å². The highest BCUT2D eigenvalue weighted by molar-refractivity contribution is 5.97. The molecule has 35 heavy (non-hydrogen) atoms. The Hall–Kier alpha value is -4.13. The number of benzene rings is 2. The molecule has 0 radical (unpaired) electrons. The lowest BCUT2D eigenvalue weighted by Crippen LogP contribution is -2.31. The van der Waals surface area contributed by atoms with Crippen molar-refractivity contribution in [2.45, 2.75) is 40.2 Å². The predicted octanol–water partition coefficient (Wildman–Crippen LogP) is 5.26. The monoisotopic (exact) mass is 464 g/mol. The molecule has 2 N–H and O–H groups in total. The van der Waals surface area contributed by atoms with E-state index in [1.165, 1.54) is 45.6 Å². The van der Waals surface area contributed by atoms with Gasteiger partial charge in [-0.15, -0.1) is 0 Å². The highest BCUT2D eigenvalue weighted by Gasteiger charge is 2.29. The van der Waals surface area contributed by atoms with Gasteiger partial charge in [-0.2, -0.15) is 5.10 Å². The van der Waals surface area contributed by atoms with E-state index in [1.807, 2.05) is 6.20 Å². The summed E-state index contributed by atoms with van der Waals surface area (Å²) in [6, 6.07) is 13.0. The van der Waals surface area contributed by atoms with Crippen LogP contribution >= 0.6 is 0 Å². The van der Waals surface area contributed by atoms with E-state index in [1.54, 1.807) is 0 Å². The second-order valence-corrected chi connectivity index (χ2v) is 9.23. The second-order valence-electron chi connectivity index (χ2n) is 9.23. The topological polar surface area (TPSA) is 82.9 Å². The number of aryl methyl sites for hydroxylation is 3. The first-order valence-corrected chi connectivity index (χ1v) is 12.1. The molecule has 2 aromatic carbocycles. The molecule has 0 amide bonds. The van der Waals surface area contributed by atoms with Crippen LogP contribution < -0.4 is 4.90 Å². The second kappa shape index (κ2) is 8.27. The van der Waals surface area contributed by atoms with E-state index in [4.69, 9.17) is 5.10 Å². The van der Waals surface area contributed by atoms with Crippen LogP contribution in [0.3, 0.4) is 0 Å². The lowest BCUT2D eigenvalue weighted by molar-refractivity contribution is 0.469. The van der Waals surface area contributed by atoms with E-state index in [2.05, 4.69) is 81.7 Å². The molecule has 0 aliphatic carbocycles. The van der Waals surface area contributed by atoms with Crippen LogP contribution in [0.25, 0.3) is 27.8 Å². The molecule has 0 bridgehead atoms. The standard InChI is InChI=1S/C28H28N6O/c1-4-19-7-5-6-18(3)26(19)34-27(22-9-8-17(2)25-21(22)10-12-29-25)23-16-33(13-11-24(23)32-34)28-30-14-20(35)15-31-28/h5-10,12,14-15,29,35H,4,11,13,16H2,1-3H3. The average molecular weight is 465 g/mol. The van der Waals surface area contributed by atoms with Crippen molar-refractivity contribution in [3.63, 3.8) is 0 Å². The molecule has 0 spiro atoms. The Morgan fingerprint density at radius 3 is 2.66 bits per heavy atom. The molecule has 0 unspecified atom stereocenters. The van der Waals surface area contributed by atoms with Gasteiger partial charge >= 0.3 is 0 Å². The Labute approximate surface area is 204 Å². The Kier molecular flexibility index (Phi) is 5.06. The van der Waals surface area contributed by atoms with Crippen LogP contribution in [0, 0.1) is 13.8 Å². The van der Waals surface area contributed by atoms with Crippen molar-refractivity contribution in [1.82, 2.24) is 24.7 Å². The maximum absolute atomic E-state index is 9.65. The van der Waals surface area contributed by atoms with Gasteiger partial charge in [-0.05, 0) is 43.0 Å². The summed E-state index contributed by atoms with van der Waals surface area (Å²) in [5, 5.41) is 16.1. The molecular formula is C28H28N6O. The fourth-order valence-corrected chi connectivity index (χ4v) is 5.28. The third-order valence-corrected chi connectivity index (χ3v) is 7.04. The quantitative estimate of drug-likeness (QED) is 0.379. The van der Waals surface area contributed by atoms with Gasteiger partial charge in [0.1, 0.15) is 0 Å². The lowest BCUT2D eigenvalue weighted by Gasteiger charge is -2.27. The molecule has 0 saturated heterocycles. The van der Waals surface area contributed by atoms with Crippen LogP contribution in [0.4, 0.5) is 5.95 Å². The summed E-state index contributed by atoms with van der Waals surface area (Å²) in [6.07, 6.45) is 6.64. The van der Waals surface area contributed by atoms with E-state index < -0.39 is 0 Å². The molecule has 5 aromatic rings. The van der Waals surface area contributed by atoms with E-state index in [9.17, 15) is 5.11 Å². The van der Waals surface area contributed by atoms with E-state index in [0.717, 1.165) is 42.0 Å². The summed E-state index contributed by atoms with van der Waals surface area (Å²) in [5.41, 5.74) is 10.6. The van der Waals surface area contributed by atoms with Gasteiger partial charge in [0.15, 0.2) is 5.75 Å². The highest BCUT2D eigenvalue weighted by Crippen LogP contribution is 2.39. The van der Waals surface area contributed by atoms with Gasteiger partial charge in [0.25, 0.3) is 0 Å². The zero-order valence-corrected chi connectivity index (χ0v) is 20.2. The number of fused-ring (bicyclic) bond motifs is 2. The number of nitrogens with zero attached hydrogens (tertiary/aromatic N) is 5. The first-order valence-electron chi connectivity index (χ1n) is 12.1. The van der Waals surface area contributed by atoms with Crippen LogP contribution in [0.2, 0.25) is 0 Å². The normalized spacial score (nSPS) is 13.4. The molecule has 7 heteroatoms. The summed E-state index contributed by atoms with van der Waals surface area (Å²) in [5.74, 6) is 0.689. The Morgan fingerprint density at radius 2 is 1.86 bits per heavy atom. The smallest absolute Gasteiger partial charge is 0.225 e. The van der Waals surface area contributed by atoms with Gasteiger partial charge in [0.2, 0.25) is 5.95 Å². The van der Waals surface area contributed by atoms with E-state index in [-0.39, 0.29) is 5.75 Å². The van der Waals surface area contributed by atoms with Crippen LogP contribution in [0.5, 0.6) is 5.75 Å². The largest absolute Gasteiger partial charge is 0.505 e. The van der Waals surface area contributed by atoms with Gasteiger partial charge in [0, 0.05) is 47.7 Å². The molecule has 176 valence electrons. The first-order chi connectivity index (χ1) is 17.0. The zero-order chi connectivity index (χ0) is 24.1. The number of aromatic amines is 1. The molecule has 1 aliphatic rings. The van der Waals surface area contributed by atoms with Crippen LogP contribution in [-0.2, 0) is 19.4 Å². The minimum atomic E-state index is 0.0705. The average Bonchev–Trinajstić information content (AvgIpc) is 3.50. The van der Waals surface area contributed by atoms with Gasteiger partial charge in [-0.1, -0.05) is 37.3 Å². The van der Waals surface area contributed by atoms with Crippen LogP contribution in [0.1, 0.15) is 34.9 Å². The fourth-order valence-electron chi connectivity index (χ4n) is 5.28. The lowest BCUT2D eigenvalue weighted by atomic mass is 9.96. The number of aromatic hydroxyl groups is 1. The van der Waals surface area contributed by atoms with Crippen molar-refractivity contribution < 1.29 is 5.11 Å².